The summed E-state index contributed by atoms with van der Waals surface area (Å²) in [6, 6.07) is 13.6. The van der Waals surface area contributed by atoms with E-state index in [-0.39, 0.29) is 5.69 Å². The van der Waals surface area contributed by atoms with Crippen molar-refractivity contribution in [2.45, 2.75) is 6.92 Å². The highest BCUT2D eigenvalue weighted by Crippen LogP contribution is 2.28. The molecule has 0 saturated heterocycles. The summed E-state index contributed by atoms with van der Waals surface area (Å²) in [7, 11) is 0. The van der Waals surface area contributed by atoms with E-state index in [0.29, 0.717) is 29.2 Å². The highest BCUT2D eigenvalue weighted by atomic mass is 16.6. The van der Waals surface area contributed by atoms with E-state index < -0.39 is 11.9 Å². The Morgan fingerprint density at radius 1 is 1.10 bits per heavy atom. The molecule has 3 rings (SSSR count). The first-order valence-corrected chi connectivity index (χ1v) is 8.81. The summed E-state index contributed by atoms with van der Waals surface area (Å²) in [6.45, 7) is 2.21. The van der Waals surface area contributed by atoms with Crippen LogP contribution in [0.2, 0.25) is 0 Å². The van der Waals surface area contributed by atoms with Crippen LogP contribution < -0.4 is 14.9 Å². The quantitative estimate of drug-likeness (QED) is 0.288. The zero-order valence-electron chi connectivity index (χ0n) is 15.6. The highest BCUT2D eigenvalue weighted by molar-refractivity contribution is 5.93. The Kier molecular flexibility index (Phi) is 6.62. The summed E-state index contributed by atoms with van der Waals surface area (Å²) >= 11 is 0. The van der Waals surface area contributed by atoms with E-state index in [9.17, 15) is 9.59 Å². The summed E-state index contributed by atoms with van der Waals surface area (Å²) in [5, 5.41) is 3.90. The van der Waals surface area contributed by atoms with Gasteiger partial charge in [-0.25, -0.2) is 15.2 Å². The number of ether oxygens (including phenoxy) is 2. The third-order valence-electron chi connectivity index (χ3n) is 3.66. The number of carbonyl (C=O) groups is 2. The summed E-state index contributed by atoms with van der Waals surface area (Å²) in [6.07, 6.45) is 5.68. The number of benzene rings is 2. The highest BCUT2D eigenvalue weighted by Gasteiger charge is 2.13. The van der Waals surface area contributed by atoms with Gasteiger partial charge in [0.1, 0.15) is 5.69 Å². The Bertz CT molecular complexity index is 1010. The molecule has 0 aliphatic carbocycles. The van der Waals surface area contributed by atoms with Crippen LogP contribution in [0.25, 0.3) is 0 Å². The van der Waals surface area contributed by atoms with Crippen LogP contribution in [0.3, 0.4) is 0 Å². The minimum atomic E-state index is -0.482. The zero-order valence-corrected chi connectivity index (χ0v) is 15.6. The number of hydrazone groups is 1. The molecule has 0 atom stereocenters. The Morgan fingerprint density at radius 3 is 2.66 bits per heavy atom. The molecule has 0 unspecified atom stereocenters. The lowest BCUT2D eigenvalue weighted by molar-refractivity contribution is 0.0728. The first-order chi connectivity index (χ1) is 14.2. The summed E-state index contributed by atoms with van der Waals surface area (Å²) in [5.41, 5.74) is 3.61. The number of rotatable bonds is 7. The molecule has 1 N–H and O–H groups in total. The second kappa shape index (κ2) is 9.75. The van der Waals surface area contributed by atoms with Crippen molar-refractivity contribution < 1.29 is 19.1 Å². The molecule has 0 bridgehead atoms. The van der Waals surface area contributed by atoms with E-state index in [2.05, 4.69) is 20.5 Å². The average Bonchev–Trinajstić information content (AvgIpc) is 2.76. The van der Waals surface area contributed by atoms with Crippen molar-refractivity contribution in [2.75, 3.05) is 6.61 Å². The Balaban J connectivity index is 1.70. The maximum Gasteiger partial charge on any atom is 0.343 e. The van der Waals surface area contributed by atoms with E-state index in [1.54, 1.807) is 42.5 Å². The number of esters is 1. The van der Waals surface area contributed by atoms with E-state index >= 15 is 0 Å². The van der Waals surface area contributed by atoms with Crippen LogP contribution >= 0.6 is 0 Å². The molecular weight excluding hydrogens is 372 g/mol. The third-order valence-corrected chi connectivity index (χ3v) is 3.66. The van der Waals surface area contributed by atoms with Crippen LogP contribution in [0.5, 0.6) is 11.5 Å². The van der Waals surface area contributed by atoms with Crippen LogP contribution in [-0.4, -0.2) is 34.7 Å². The smallest absolute Gasteiger partial charge is 0.343 e. The maximum atomic E-state index is 12.3. The number of amides is 1. The molecule has 146 valence electrons. The van der Waals surface area contributed by atoms with Gasteiger partial charge in [-0.05, 0) is 42.8 Å². The molecule has 0 aliphatic rings. The van der Waals surface area contributed by atoms with Gasteiger partial charge < -0.3 is 9.47 Å². The van der Waals surface area contributed by atoms with E-state index in [0.717, 1.165) is 0 Å². The topological polar surface area (TPSA) is 103 Å². The summed E-state index contributed by atoms with van der Waals surface area (Å²) in [4.78, 5) is 31.9. The minimum Gasteiger partial charge on any atom is -0.490 e. The average molecular weight is 390 g/mol. The van der Waals surface area contributed by atoms with E-state index in [4.69, 9.17) is 9.47 Å². The predicted molar refractivity (Wildman–Crippen MR) is 106 cm³/mol. The molecule has 2 aromatic carbocycles. The van der Waals surface area contributed by atoms with Crippen molar-refractivity contribution in [1.29, 1.82) is 0 Å². The molecule has 0 radical (unpaired) electrons. The molecule has 0 spiro atoms. The second-order valence-corrected chi connectivity index (χ2v) is 5.68. The van der Waals surface area contributed by atoms with Crippen molar-refractivity contribution in [3.05, 3.63) is 83.9 Å². The molecule has 0 aliphatic heterocycles. The monoisotopic (exact) mass is 390 g/mol. The van der Waals surface area contributed by atoms with E-state index in [1.165, 1.54) is 24.8 Å². The third kappa shape index (κ3) is 5.46. The fraction of sp³-hybridized carbons (Fsp3) is 0.0952. The van der Waals surface area contributed by atoms with Gasteiger partial charge in [-0.1, -0.05) is 18.2 Å². The van der Waals surface area contributed by atoms with Crippen molar-refractivity contribution in [3.8, 4) is 11.5 Å². The molecule has 8 heteroatoms. The lowest BCUT2D eigenvalue weighted by Gasteiger charge is -2.11. The first-order valence-electron chi connectivity index (χ1n) is 8.81. The number of nitrogens with one attached hydrogen (secondary N) is 1. The van der Waals surface area contributed by atoms with Crippen LogP contribution in [0.4, 0.5) is 0 Å². The molecule has 1 heterocycles. The molecule has 1 aromatic heterocycles. The first kappa shape index (κ1) is 19.7. The standard InChI is InChI=1S/C21H18N4O4/c1-2-28-19-12-15(13-24-25-20(26)17-14-22-10-11-23-17)8-9-18(19)29-21(27)16-6-4-3-5-7-16/h3-14H,2H2,1H3,(H,25,26)/b24-13-. The van der Waals surface area contributed by atoms with Gasteiger partial charge in [0.05, 0.1) is 24.6 Å². The largest absolute Gasteiger partial charge is 0.490 e. The Labute approximate surface area is 167 Å². The van der Waals surface area contributed by atoms with Crippen molar-refractivity contribution in [3.63, 3.8) is 0 Å². The zero-order chi connectivity index (χ0) is 20.5. The molecule has 8 nitrogen and oxygen atoms in total. The number of nitrogens with zero attached hydrogens (tertiary/aromatic N) is 3. The SMILES string of the molecule is CCOc1cc(/C=N\NC(=O)c2cnccn2)ccc1OC(=O)c1ccccc1. The minimum absolute atomic E-state index is 0.155. The van der Waals surface area contributed by atoms with Gasteiger partial charge in [-0.2, -0.15) is 5.10 Å². The molecule has 0 saturated carbocycles. The van der Waals surface area contributed by atoms with Crippen LogP contribution in [0.15, 0.2) is 72.2 Å². The lowest BCUT2D eigenvalue weighted by Crippen LogP contribution is -2.19. The van der Waals surface area contributed by atoms with Gasteiger partial charge >= 0.3 is 5.97 Å². The fourth-order valence-electron chi connectivity index (χ4n) is 2.33. The molecule has 0 fully saturated rings. The van der Waals surface area contributed by atoms with Crippen LogP contribution in [-0.2, 0) is 0 Å². The van der Waals surface area contributed by atoms with E-state index in [1.807, 2.05) is 13.0 Å². The van der Waals surface area contributed by atoms with Gasteiger partial charge in [0, 0.05) is 12.4 Å². The van der Waals surface area contributed by atoms with Gasteiger partial charge in [0.2, 0.25) is 0 Å². The predicted octanol–water partition coefficient (Wildman–Crippen LogP) is 2.86. The number of hydrogen-bond donors (Lipinski definition) is 1. The number of hydrogen-bond acceptors (Lipinski definition) is 7. The van der Waals surface area contributed by atoms with Gasteiger partial charge in [0.25, 0.3) is 5.91 Å². The molecule has 1 amide bonds. The lowest BCUT2D eigenvalue weighted by atomic mass is 10.2. The molecular formula is C21H18N4O4. The number of carbonyl (C=O) groups excluding carboxylic acids is 2. The Hall–Kier alpha value is -4.07. The fourth-order valence-corrected chi connectivity index (χ4v) is 2.33. The van der Waals surface area contributed by atoms with Crippen molar-refractivity contribution >= 4 is 18.1 Å². The van der Waals surface area contributed by atoms with Gasteiger partial charge in [-0.3, -0.25) is 9.78 Å². The van der Waals surface area contributed by atoms with Crippen molar-refractivity contribution in [2.24, 2.45) is 5.10 Å². The summed E-state index contributed by atoms with van der Waals surface area (Å²) in [5.74, 6) is -0.278. The second-order valence-electron chi connectivity index (χ2n) is 5.68. The maximum absolute atomic E-state index is 12.3. The normalized spacial score (nSPS) is 10.5. The Morgan fingerprint density at radius 2 is 1.93 bits per heavy atom. The van der Waals surface area contributed by atoms with Crippen LogP contribution in [0.1, 0.15) is 33.3 Å². The molecule has 29 heavy (non-hydrogen) atoms. The molecule has 3 aromatic rings. The van der Waals surface area contributed by atoms with Gasteiger partial charge in [-0.15, -0.1) is 0 Å². The summed E-state index contributed by atoms with van der Waals surface area (Å²) < 4.78 is 11.0. The number of aromatic nitrogens is 2. The van der Waals surface area contributed by atoms with Gasteiger partial charge in [0.15, 0.2) is 11.5 Å². The van der Waals surface area contributed by atoms with Crippen LogP contribution in [0, 0.1) is 0 Å². The van der Waals surface area contributed by atoms with Crippen molar-refractivity contribution in [1.82, 2.24) is 15.4 Å².